The SMILES string of the molecule is CCCN(CCC)S(=O)(=O)c1ccc(C(=O)N=c2sc3cccc(Cl)c3n2CC(=O)OC)cc1. The van der Waals surface area contributed by atoms with Crippen molar-refractivity contribution in [3.63, 3.8) is 0 Å². The van der Waals surface area contributed by atoms with E-state index in [1.807, 2.05) is 19.9 Å². The first-order valence-electron chi connectivity index (χ1n) is 10.8. The minimum atomic E-state index is -3.65. The fourth-order valence-corrected chi connectivity index (χ4v) is 6.44. The first-order chi connectivity index (χ1) is 16.2. The number of aromatic nitrogens is 1. The maximum absolute atomic E-state index is 13.0. The van der Waals surface area contributed by atoms with Gasteiger partial charge < -0.3 is 9.30 Å². The molecular formula is C23H26ClN3O5S2. The van der Waals surface area contributed by atoms with Gasteiger partial charge in [-0.2, -0.15) is 9.30 Å². The van der Waals surface area contributed by atoms with Gasteiger partial charge in [-0.3, -0.25) is 9.59 Å². The number of hydrogen-bond acceptors (Lipinski definition) is 6. The standard InChI is InChI=1S/C23H26ClN3O5S2/c1-4-13-26(14-5-2)34(30,31)17-11-9-16(10-12-17)22(29)25-23-27(15-20(28)32-3)21-18(24)7-6-8-19(21)33-23/h6-12H,4-5,13-15H2,1-3H3. The molecule has 0 aliphatic carbocycles. The first kappa shape index (κ1) is 26.1. The molecule has 0 radical (unpaired) electrons. The van der Waals surface area contributed by atoms with Crippen LogP contribution in [0.4, 0.5) is 0 Å². The monoisotopic (exact) mass is 523 g/mol. The van der Waals surface area contributed by atoms with Crippen LogP contribution in [-0.2, 0) is 26.1 Å². The molecule has 0 spiro atoms. The number of halogens is 1. The summed E-state index contributed by atoms with van der Waals surface area (Å²) in [6, 6.07) is 11.0. The third kappa shape index (κ3) is 5.57. The predicted octanol–water partition coefficient (Wildman–Crippen LogP) is 4.08. The Morgan fingerprint density at radius 1 is 1.09 bits per heavy atom. The molecule has 0 saturated heterocycles. The molecule has 0 bridgehead atoms. The highest BCUT2D eigenvalue weighted by Gasteiger charge is 2.23. The van der Waals surface area contributed by atoms with Gasteiger partial charge in [-0.1, -0.05) is 42.9 Å². The fraction of sp³-hybridized carbons (Fsp3) is 0.348. The molecule has 0 unspecified atom stereocenters. The summed E-state index contributed by atoms with van der Waals surface area (Å²) >= 11 is 7.55. The number of fused-ring (bicyclic) bond motifs is 1. The van der Waals surface area contributed by atoms with Crippen LogP contribution in [0.5, 0.6) is 0 Å². The second-order valence-corrected chi connectivity index (χ2v) is 10.8. The van der Waals surface area contributed by atoms with E-state index in [-0.39, 0.29) is 21.8 Å². The van der Waals surface area contributed by atoms with Gasteiger partial charge in [0.05, 0.1) is 27.2 Å². The number of methoxy groups -OCH3 is 1. The van der Waals surface area contributed by atoms with E-state index in [0.717, 1.165) is 4.70 Å². The van der Waals surface area contributed by atoms with Gasteiger partial charge in [-0.25, -0.2) is 8.42 Å². The van der Waals surface area contributed by atoms with Gasteiger partial charge in [0.15, 0.2) is 4.80 Å². The quantitative estimate of drug-likeness (QED) is 0.393. The number of nitrogens with zero attached hydrogens (tertiary/aromatic N) is 3. The summed E-state index contributed by atoms with van der Waals surface area (Å²) < 4.78 is 34.4. The molecular weight excluding hydrogens is 498 g/mol. The van der Waals surface area contributed by atoms with Crippen LogP contribution < -0.4 is 4.80 Å². The summed E-state index contributed by atoms with van der Waals surface area (Å²) in [4.78, 5) is 29.5. The van der Waals surface area contributed by atoms with E-state index in [9.17, 15) is 18.0 Å². The topological polar surface area (TPSA) is 98.0 Å². The Bertz CT molecular complexity index is 1360. The van der Waals surface area contributed by atoms with Crippen LogP contribution in [-0.4, -0.2) is 49.4 Å². The Morgan fingerprint density at radius 2 is 1.74 bits per heavy atom. The highest BCUT2D eigenvalue weighted by atomic mass is 35.5. The molecule has 34 heavy (non-hydrogen) atoms. The lowest BCUT2D eigenvalue weighted by molar-refractivity contribution is -0.141. The summed E-state index contributed by atoms with van der Waals surface area (Å²) in [6.07, 6.45) is 1.42. The van der Waals surface area contributed by atoms with Crippen LogP contribution in [0.15, 0.2) is 52.4 Å². The molecule has 0 aliphatic rings. The van der Waals surface area contributed by atoms with Crippen LogP contribution in [0.25, 0.3) is 10.2 Å². The van der Waals surface area contributed by atoms with Crippen molar-refractivity contribution in [3.8, 4) is 0 Å². The van der Waals surface area contributed by atoms with E-state index >= 15 is 0 Å². The molecule has 0 N–H and O–H groups in total. The third-order valence-corrected chi connectivity index (χ3v) is 8.31. The number of para-hydroxylation sites is 1. The second kappa shape index (κ2) is 11.3. The average molecular weight is 524 g/mol. The van der Waals surface area contributed by atoms with E-state index in [4.69, 9.17) is 16.3 Å². The smallest absolute Gasteiger partial charge is 0.325 e. The van der Waals surface area contributed by atoms with Crippen LogP contribution >= 0.6 is 22.9 Å². The summed E-state index contributed by atoms with van der Waals surface area (Å²) in [6.45, 7) is 4.56. The molecule has 1 heterocycles. The molecule has 0 atom stereocenters. The van der Waals surface area contributed by atoms with Crippen molar-refractivity contribution >= 4 is 55.1 Å². The maximum atomic E-state index is 13.0. The zero-order chi connectivity index (χ0) is 24.9. The van der Waals surface area contributed by atoms with E-state index < -0.39 is 21.9 Å². The highest BCUT2D eigenvalue weighted by Crippen LogP contribution is 2.25. The Morgan fingerprint density at radius 3 is 2.32 bits per heavy atom. The molecule has 8 nitrogen and oxygen atoms in total. The number of amides is 1. The second-order valence-electron chi connectivity index (χ2n) is 7.48. The Hall–Kier alpha value is -2.53. The number of thiazole rings is 1. The number of esters is 1. The van der Waals surface area contributed by atoms with E-state index in [1.165, 1.54) is 51.6 Å². The average Bonchev–Trinajstić information content (AvgIpc) is 3.16. The summed E-state index contributed by atoms with van der Waals surface area (Å²) in [5.74, 6) is -1.07. The molecule has 0 aliphatic heterocycles. The molecule has 3 rings (SSSR count). The van der Waals surface area contributed by atoms with E-state index in [0.29, 0.717) is 36.5 Å². The maximum Gasteiger partial charge on any atom is 0.325 e. The molecule has 3 aromatic rings. The van der Waals surface area contributed by atoms with Crippen LogP contribution in [0, 0.1) is 0 Å². The van der Waals surface area contributed by atoms with Gasteiger partial charge in [0.25, 0.3) is 5.91 Å². The fourth-order valence-electron chi connectivity index (χ4n) is 3.43. The molecule has 0 saturated carbocycles. The first-order valence-corrected chi connectivity index (χ1v) is 13.4. The molecule has 11 heteroatoms. The number of benzene rings is 2. The predicted molar refractivity (Wildman–Crippen MR) is 133 cm³/mol. The van der Waals surface area contributed by atoms with Crippen molar-refractivity contribution in [2.75, 3.05) is 20.2 Å². The Balaban J connectivity index is 1.98. The third-order valence-electron chi connectivity index (χ3n) is 5.05. The van der Waals surface area contributed by atoms with Crippen LogP contribution in [0.2, 0.25) is 5.02 Å². The van der Waals surface area contributed by atoms with Gasteiger partial charge >= 0.3 is 5.97 Å². The normalized spacial score (nSPS) is 12.4. The minimum Gasteiger partial charge on any atom is -0.468 e. The minimum absolute atomic E-state index is 0.125. The van der Waals surface area contributed by atoms with E-state index in [1.54, 1.807) is 12.1 Å². The van der Waals surface area contributed by atoms with Crippen molar-refractivity contribution < 1.29 is 22.7 Å². The largest absolute Gasteiger partial charge is 0.468 e. The van der Waals surface area contributed by atoms with Gasteiger partial charge in [0, 0.05) is 18.7 Å². The van der Waals surface area contributed by atoms with Gasteiger partial charge in [0.2, 0.25) is 10.0 Å². The van der Waals surface area contributed by atoms with Crippen LogP contribution in [0.1, 0.15) is 37.0 Å². The number of ether oxygens (including phenoxy) is 1. The highest BCUT2D eigenvalue weighted by molar-refractivity contribution is 7.89. The molecule has 182 valence electrons. The number of carbonyl (C=O) groups excluding carboxylic acids is 2. The number of carbonyl (C=O) groups is 2. The number of hydrogen-bond donors (Lipinski definition) is 0. The summed E-state index contributed by atoms with van der Waals surface area (Å²) in [5.41, 5.74) is 0.809. The van der Waals surface area contributed by atoms with Crippen molar-refractivity contribution in [3.05, 3.63) is 57.9 Å². The Labute approximate surface area is 207 Å². The molecule has 1 aromatic heterocycles. The lowest BCUT2D eigenvalue weighted by Gasteiger charge is -2.21. The molecule has 2 aromatic carbocycles. The molecule has 0 fully saturated rings. The summed E-state index contributed by atoms with van der Waals surface area (Å²) in [7, 11) is -2.37. The zero-order valence-corrected chi connectivity index (χ0v) is 21.5. The van der Waals surface area contributed by atoms with Crippen molar-refractivity contribution in [2.24, 2.45) is 4.99 Å². The van der Waals surface area contributed by atoms with Gasteiger partial charge in [0.1, 0.15) is 6.54 Å². The summed E-state index contributed by atoms with van der Waals surface area (Å²) in [5, 5.41) is 0.421. The van der Waals surface area contributed by atoms with E-state index in [2.05, 4.69) is 4.99 Å². The van der Waals surface area contributed by atoms with Gasteiger partial charge in [-0.15, -0.1) is 0 Å². The van der Waals surface area contributed by atoms with Crippen molar-refractivity contribution in [1.82, 2.24) is 8.87 Å². The van der Waals surface area contributed by atoms with Crippen molar-refractivity contribution in [2.45, 2.75) is 38.1 Å². The van der Waals surface area contributed by atoms with Crippen LogP contribution in [0.3, 0.4) is 0 Å². The van der Waals surface area contributed by atoms with Gasteiger partial charge in [-0.05, 0) is 49.2 Å². The zero-order valence-electron chi connectivity index (χ0n) is 19.2. The molecule has 1 amide bonds. The lowest BCUT2D eigenvalue weighted by Crippen LogP contribution is -2.32. The number of rotatable bonds is 9. The Kier molecular flexibility index (Phi) is 8.64. The van der Waals surface area contributed by atoms with Crippen molar-refractivity contribution in [1.29, 1.82) is 0 Å². The lowest BCUT2D eigenvalue weighted by atomic mass is 10.2. The number of sulfonamides is 1.